The highest BCUT2D eigenvalue weighted by atomic mass is 35.5. The molecular formula is C22H17ClN4. The van der Waals surface area contributed by atoms with Crippen LogP contribution in [0.25, 0.3) is 27.6 Å². The summed E-state index contributed by atoms with van der Waals surface area (Å²) in [5, 5.41) is 5.26. The standard InChI is InChI=1S/C22H17ClN4/c1-14-6-11-20-19(12-14)25-21-17-4-2-3-5-18(17)26-22(27(20)21)24-13-15-7-9-16(23)10-8-15/h2-12H,13H2,1H3,(H,24,26). The average Bonchev–Trinajstić information content (AvgIpc) is 3.06. The van der Waals surface area contributed by atoms with Crippen LogP contribution in [0, 0.1) is 6.92 Å². The fourth-order valence-corrected chi connectivity index (χ4v) is 3.54. The lowest BCUT2D eigenvalue weighted by molar-refractivity contribution is 1.05. The maximum Gasteiger partial charge on any atom is 0.210 e. The van der Waals surface area contributed by atoms with Gasteiger partial charge in [-0.25, -0.2) is 9.97 Å². The molecule has 1 N–H and O–H groups in total. The third-order valence-corrected chi connectivity index (χ3v) is 5.01. The number of nitrogens with one attached hydrogen (secondary N) is 1. The number of anilines is 1. The van der Waals surface area contributed by atoms with Crippen LogP contribution >= 0.6 is 11.6 Å². The molecule has 0 fully saturated rings. The van der Waals surface area contributed by atoms with Crippen molar-refractivity contribution in [1.29, 1.82) is 0 Å². The highest BCUT2D eigenvalue weighted by molar-refractivity contribution is 6.30. The summed E-state index contributed by atoms with van der Waals surface area (Å²) in [6, 6.07) is 22.3. The number of rotatable bonds is 3. The second kappa shape index (κ2) is 6.25. The van der Waals surface area contributed by atoms with Gasteiger partial charge in [0, 0.05) is 17.0 Å². The Hall–Kier alpha value is -3.11. The molecule has 0 atom stereocenters. The van der Waals surface area contributed by atoms with Gasteiger partial charge < -0.3 is 5.32 Å². The van der Waals surface area contributed by atoms with Crippen molar-refractivity contribution >= 4 is 45.1 Å². The number of benzene rings is 3. The number of nitrogens with zero attached hydrogens (tertiary/aromatic N) is 3. The number of hydrogen-bond acceptors (Lipinski definition) is 3. The van der Waals surface area contributed by atoms with E-state index < -0.39 is 0 Å². The second-order valence-electron chi connectivity index (χ2n) is 6.70. The van der Waals surface area contributed by atoms with Gasteiger partial charge in [-0.1, -0.05) is 41.9 Å². The summed E-state index contributed by atoms with van der Waals surface area (Å²) in [6.07, 6.45) is 0. The van der Waals surface area contributed by atoms with E-state index in [1.165, 1.54) is 5.56 Å². The summed E-state index contributed by atoms with van der Waals surface area (Å²) in [5.74, 6) is 0.782. The zero-order valence-electron chi connectivity index (χ0n) is 14.8. The van der Waals surface area contributed by atoms with Gasteiger partial charge in [0.2, 0.25) is 5.95 Å². The summed E-state index contributed by atoms with van der Waals surface area (Å²) >= 11 is 5.99. The first-order valence-electron chi connectivity index (χ1n) is 8.85. The van der Waals surface area contributed by atoms with Crippen molar-refractivity contribution in [2.24, 2.45) is 0 Å². The van der Waals surface area contributed by atoms with E-state index in [1.54, 1.807) is 0 Å². The average molecular weight is 373 g/mol. The van der Waals surface area contributed by atoms with E-state index in [2.05, 4.69) is 40.9 Å². The van der Waals surface area contributed by atoms with Gasteiger partial charge in [0.1, 0.15) is 5.65 Å². The summed E-state index contributed by atoms with van der Waals surface area (Å²) in [5.41, 5.74) is 6.20. The number of para-hydroxylation sites is 1. The first kappa shape index (κ1) is 16.1. The van der Waals surface area contributed by atoms with E-state index in [0.717, 1.165) is 44.1 Å². The van der Waals surface area contributed by atoms with Crippen LogP contribution in [0.5, 0.6) is 0 Å². The molecule has 0 saturated carbocycles. The van der Waals surface area contributed by atoms with E-state index in [-0.39, 0.29) is 0 Å². The molecule has 132 valence electrons. The lowest BCUT2D eigenvalue weighted by Crippen LogP contribution is -2.07. The van der Waals surface area contributed by atoms with Crippen molar-refractivity contribution in [3.05, 3.63) is 82.9 Å². The smallest absolute Gasteiger partial charge is 0.210 e. The molecule has 5 aromatic rings. The van der Waals surface area contributed by atoms with Crippen LogP contribution < -0.4 is 5.32 Å². The highest BCUT2D eigenvalue weighted by Gasteiger charge is 2.13. The van der Waals surface area contributed by atoms with Gasteiger partial charge >= 0.3 is 0 Å². The van der Waals surface area contributed by atoms with E-state index in [4.69, 9.17) is 21.6 Å². The lowest BCUT2D eigenvalue weighted by atomic mass is 10.2. The number of fused-ring (bicyclic) bond motifs is 5. The highest BCUT2D eigenvalue weighted by Crippen LogP contribution is 2.27. The van der Waals surface area contributed by atoms with Crippen LogP contribution in [0.15, 0.2) is 66.7 Å². The molecule has 27 heavy (non-hydrogen) atoms. The van der Waals surface area contributed by atoms with E-state index >= 15 is 0 Å². The Labute approximate surface area is 161 Å². The Morgan fingerprint density at radius 2 is 1.74 bits per heavy atom. The normalized spacial score (nSPS) is 11.5. The van der Waals surface area contributed by atoms with Crippen molar-refractivity contribution in [2.45, 2.75) is 13.5 Å². The molecule has 0 unspecified atom stereocenters. The molecule has 5 heteroatoms. The number of imidazole rings is 1. The fourth-order valence-electron chi connectivity index (χ4n) is 3.41. The minimum atomic E-state index is 0.656. The minimum absolute atomic E-state index is 0.656. The van der Waals surface area contributed by atoms with Gasteiger partial charge in [-0.3, -0.25) is 4.40 Å². The minimum Gasteiger partial charge on any atom is -0.351 e. The van der Waals surface area contributed by atoms with Gasteiger partial charge in [0.25, 0.3) is 0 Å². The van der Waals surface area contributed by atoms with Crippen molar-refractivity contribution in [3.63, 3.8) is 0 Å². The third kappa shape index (κ3) is 2.78. The number of aromatic nitrogens is 3. The topological polar surface area (TPSA) is 42.2 Å². The maximum atomic E-state index is 5.99. The quantitative estimate of drug-likeness (QED) is 0.447. The molecule has 2 heterocycles. The monoisotopic (exact) mass is 372 g/mol. The zero-order chi connectivity index (χ0) is 18.4. The Morgan fingerprint density at radius 1 is 0.926 bits per heavy atom. The van der Waals surface area contributed by atoms with E-state index in [0.29, 0.717) is 6.54 Å². The molecule has 2 aromatic heterocycles. The molecule has 0 radical (unpaired) electrons. The summed E-state index contributed by atoms with van der Waals surface area (Å²) in [4.78, 5) is 9.76. The molecule has 0 aliphatic heterocycles. The molecule has 3 aromatic carbocycles. The molecule has 0 aliphatic rings. The van der Waals surface area contributed by atoms with Crippen LogP contribution in [0.3, 0.4) is 0 Å². The molecule has 0 amide bonds. The maximum absolute atomic E-state index is 5.99. The van der Waals surface area contributed by atoms with Crippen LogP contribution in [0.4, 0.5) is 5.95 Å². The van der Waals surface area contributed by atoms with Crippen molar-refractivity contribution in [2.75, 3.05) is 5.32 Å². The van der Waals surface area contributed by atoms with Crippen molar-refractivity contribution in [1.82, 2.24) is 14.4 Å². The van der Waals surface area contributed by atoms with Crippen molar-refractivity contribution in [3.8, 4) is 0 Å². The van der Waals surface area contributed by atoms with Crippen molar-refractivity contribution < 1.29 is 0 Å². The zero-order valence-corrected chi connectivity index (χ0v) is 15.5. The first-order valence-corrected chi connectivity index (χ1v) is 9.23. The molecule has 0 aliphatic carbocycles. The van der Waals surface area contributed by atoms with Crippen LogP contribution in [0.1, 0.15) is 11.1 Å². The SMILES string of the molecule is Cc1ccc2c(c1)nc1c3ccccc3nc(NCc3ccc(Cl)cc3)n21. The van der Waals surface area contributed by atoms with E-state index in [1.807, 2.05) is 42.5 Å². The Bertz CT molecular complexity index is 1290. The number of aryl methyl sites for hydroxylation is 1. The molecule has 4 nitrogen and oxygen atoms in total. The number of halogens is 1. The first-order chi connectivity index (χ1) is 13.2. The molecule has 0 spiro atoms. The van der Waals surface area contributed by atoms with E-state index in [9.17, 15) is 0 Å². The second-order valence-corrected chi connectivity index (χ2v) is 7.13. The summed E-state index contributed by atoms with van der Waals surface area (Å²) in [7, 11) is 0. The van der Waals surface area contributed by atoms with Gasteiger partial charge in [-0.05, 0) is 54.4 Å². The number of hydrogen-bond donors (Lipinski definition) is 1. The van der Waals surface area contributed by atoms with Gasteiger partial charge in [0.15, 0.2) is 0 Å². The molecule has 0 saturated heterocycles. The molecule has 5 rings (SSSR count). The van der Waals surface area contributed by atoms with Gasteiger partial charge in [-0.2, -0.15) is 0 Å². The summed E-state index contributed by atoms with van der Waals surface area (Å²) in [6.45, 7) is 2.74. The largest absolute Gasteiger partial charge is 0.351 e. The fraction of sp³-hybridized carbons (Fsp3) is 0.0909. The Morgan fingerprint density at radius 3 is 2.59 bits per heavy atom. The molecular weight excluding hydrogens is 356 g/mol. The van der Waals surface area contributed by atoms with Gasteiger partial charge in [-0.15, -0.1) is 0 Å². The summed E-state index contributed by atoms with van der Waals surface area (Å²) < 4.78 is 2.10. The van der Waals surface area contributed by atoms with Crippen LogP contribution in [-0.4, -0.2) is 14.4 Å². The van der Waals surface area contributed by atoms with Crippen LogP contribution in [-0.2, 0) is 6.54 Å². The molecule has 0 bridgehead atoms. The Kier molecular flexibility index (Phi) is 3.73. The third-order valence-electron chi connectivity index (χ3n) is 4.76. The predicted octanol–water partition coefficient (Wildman–Crippen LogP) is 5.61. The van der Waals surface area contributed by atoms with Crippen LogP contribution in [0.2, 0.25) is 5.02 Å². The lowest BCUT2D eigenvalue weighted by Gasteiger charge is -2.11. The predicted molar refractivity (Wildman–Crippen MR) is 112 cm³/mol. The van der Waals surface area contributed by atoms with Gasteiger partial charge in [0.05, 0.1) is 16.6 Å². The Balaban J connectivity index is 1.71.